The number of likely N-dealkylation sites (tertiary alicyclic amines) is 1. The summed E-state index contributed by atoms with van der Waals surface area (Å²) >= 11 is 12.1. The van der Waals surface area contributed by atoms with Gasteiger partial charge >= 0.3 is 0 Å². The lowest BCUT2D eigenvalue weighted by Crippen LogP contribution is -2.49. The Bertz CT molecular complexity index is 1020. The number of carbonyl (C=O) groups excluding carboxylic acids is 2. The fourth-order valence-electron chi connectivity index (χ4n) is 5.01. The molecule has 2 aliphatic rings. The highest BCUT2D eigenvalue weighted by Gasteiger charge is 2.36. The second-order valence-electron chi connectivity index (χ2n) is 8.89. The summed E-state index contributed by atoms with van der Waals surface area (Å²) < 4.78 is 5.96. The molecule has 1 heterocycles. The highest BCUT2D eigenvalue weighted by atomic mass is 35.5. The summed E-state index contributed by atoms with van der Waals surface area (Å²) in [6, 6.07) is 10.3. The van der Waals surface area contributed by atoms with Gasteiger partial charge in [-0.1, -0.05) is 43.0 Å². The van der Waals surface area contributed by atoms with E-state index in [1.54, 1.807) is 30.3 Å². The van der Waals surface area contributed by atoms with Gasteiger partial charge in [0.1, 0.15) is 5.75 Å². The van der Waals surface area contributed by atoms with E-state index < -0.39 is 0 Å². The number of carbonyl (C=O) groups is 2. The molecule has 1 N–H and O–H groups in total. The van der Waals surface area contributed by atoms with Crippen LogP contribution in [0.2, 0.25) is 10.0 Å². The molecule has 33 heavy (non-hydrogen) atoms. The first kappa shape index (κ1) is 23.9. The average Bonchev–Trinajstić information content (AvgIpc) is 2.82. The van der Waals surface area contributed by atoms with E-state index in [0.29, 0.717) is 46.2 Å². The average molecular weight is 489 g/mol. The summed E-state index contributed by atoms with van der Waals surface area (Å²) in [6.45, 7) is 3.31. The van der Waals surface area contributed by atoms with Crippen LogP contribution in [0.25, 0.3) is 0 Å². The Morgan fingerprint density at radius 1 is 1.03 bits per heavy atom. The molecule has 176 valence electrons. The zero-order chi connectivity index (χ0) is 23.4. The van der Waals surface area contributed by atoms with Crippen LogP contribution in [0, 0.1) is 5.92 Å². The zero-order valence-corrected chi connectivity index (χ0v) is 20.4. The number of nitrogens with zero attached hydrogens (tertiary/aromatic N) is 1. The second-order valence-corrected chi connectivity index (χ2v) is 9.73. The number of rotatable bonds is 6. The Morgan fingerprint density at radius 3 is 2.58 bits per heavy atom. The lowest BCUT2D eigenvalue weighted by atomic mass is 9.78. The minimum atomic E-state index is -0.349. The maximum Gasteiger partial charge on any atom is 0.257 e. The number of hydrogen-bond donors (Lipinski definition) is 1. The van der Waals surface area contributed by atoms with Crippen LogP contribution in [0.1, 0.15) is 72.6 Å². The summed E-state index contributed by atoms with van der Waals surface area (Å²) in [6.07, 6.45) is 7.82. The minimum absolute atomic E-state index is 0.0244. The molecule has 2 aromatic rings. The Kier molecular flexibility index (Phi) is 7.82. The molecule has 1 saturated heterocycles. The third-order valence-electron chi connectivity index (χ3n) is 6.61. The monoisotopic (exact) mass is 488 g/mol. The number of amides is 2. The molecule has 1 aliphatic heterocycles. The number of ether oxygens (including phenoxy) is 1. The predicted molar refractivity (Wildman–Crippen MR) is 133 cm³/mol. The highest BCUT2D eigenvalue weighted by Crippen LogP contribution is 2.37. The smallest absolute Gasteiger partial charge is 0.257 e. The van der Waals surface area contributed by atoms with Gasteiger partial charge in [0.25, 0.3) is 11.8 Å². The third kappa shape index (κ3) is 5.47. The van der Waals surface area contributed by atoms with Crippen LogP contribution in [0.5, 0.6) is 5.75 Å². The molecule has 2 amide bonds. The van der Waals surface area contributed by atoms with Gasteiger partial charge < -0.3 is 15.0 Å². The molecule has 1 aliphatic carbocycles. The largest absolute Gasteiger partial charge is 0.493 e. The Morgan fingerprint density at radius 2 is 1.79 bits per heavy atom. The standard InChI is InChI=1S/C26H30Cl2N2O3/c1-2-14-33-24-16-19(29-25(31)20-11-9-18(27)15-22(20)28)10-12-21(24)26(32)30-13-5-7-17-6-3-4-8-23(17)30/h9-12,15-17,23H,2-8,13-14H2,1H3,(H,29,31)/t17?,23-/m1/s1. The molecule has 1 unspecified atom stereocenters. The van der Waals surface area contributed by atoms with Crippen LogP contribution in [-0.2, 0) is 0 Å². The molecule has 2 fully saturated rings. The van der Waals surface area contributed by atoms with Crippen molar-refractivity contribution in [3.63, 3.8) is 0 Å². The molecule has 7 heteroatoms. The van der Waals surface area contributed by atoms with E-state index in [1.165, 1.54) is 31.7 Å². The van der Waals surface area contributed by atoms with E-state index >= 15 is 0 Å². The Labute approximate surface area is 205 Å². The number of anilines is 1. The van der Waals surface area contributed by atoms with Gasteiger partial charge in [0.2, 0.25) is 0 Å². The van der Waals surface area contributed by atoms with Gasteiger partial charge in [0, 0.05) is 29.4 Å². The topological polar surface area (TPSA) is 58.6 Å². The van der Waals surface area contributed by atoms with E-state index in [2.05, 4.69) is 10.2 Å². The van der Waals surface area contributed by atoms with E-state index in [1.807, 2.05) is 6.92 Å². The van der Waals surface area contributed by atoms with Gasteiger partial charge in [-0.3, -0.25) is 9.59 Å². The Balaban J connectivity index is 1.57. The van der Waals surface area contributed by atoms with Crippen molar-refractivity contribution in [3.05, 3.63) is 57.6 Å². The second kappa shape index (κ2) is 10.8. The van der Waals surface area contributed by atoms with Crippen LogP contribution >= 0.6 is 23.2 Å². The van der Waals surface area contributed by atoms with Crippen LogP contribution in [0.15, 0.2) is 36.4 Å². The molecule has 0 aromatic heterocycles. The number of nitrogens with one attached hydrogen (secondary N) is 1. The fraction of sp³-hybridized carbons (Fsp3) is 0.462. The third-order valence-corrected chi connectivity index (χ3v) is 7.16. The maximum absolute atomic E-state index is 13.6. The van der Waals surface area contributed by atoms with Crippen molar-refractivity contribution in [2.45, 2.75) is 57.9 Å². The van der Waals surface area contributed by atoms with Crippen LogP contribution in [0.4, 0.5) is 5.69 Å². The molecule has 2 aromatic carbocycles. The first-order valence-electron chi connectivity index (χ1n) is 11.8. The normalized spacial score (nSPS) is 20.2. The van der Waals surface area contributed by atoms with Gasteiger partial charge in [-0.2, -0.15) is 0 Å². The molecule has 4 rings (SSSR count). The molecule has 0 radical (unpaired) electrons. The summed E-state index contributed by atoms with van der Waals surface area (Å²) in [5.41, 5.74) is 1.42. The fourth-order valence-corrected chi connectivity index (χ4v) is 5.51. The first-order valence-corrected chi connectivity index (χ1v) is 12.6. The van der Waals surface area contributed by atoms with E-state index in [0.717, 1.165) is 25.8 Å². The molecular formula is C26H30Cl2N2O3. The van der Waals surface area contributed by atoms with E-state index in [9.17, 15) is 9.59 Å². The van der Waals surface area contributed by atoms with Crippen molar-refractivity contribution >= 4 is 40.7 Å². The number of piperidine rings is 1. The molecular weight excluding hydrogens is 459 g/mol. The lowest BCUT2D eigenvalue weighted by Gasteiger charge is -2.44. The zero-order valence-electron chi connectivity index (χ0n) is 18.9. The quantitative estimate of drug-likeness (QED) is 0.484. The molecule has 0 bridgehead atoms. The minimum Gasteiger partial charge on any atom is -0.493 e. The van der Waals surface area contributed by atoms with E-state index in [4.69, 9.17) is 27.9 Å². The summed E-state index contributed by atoms with van der Waals surface area (Å²) in [4.78, 5) is 28.4. The SMILES string of the molecule is CCCOc1cc(NC(=O)c2ccc(Cl)cc2Cl)ccc1C(=O)N1CCCC2CCCC[C@H]21. The van der Waals surface area contributed by atoms with E-state index in [-0.39, 0.29) is 16.8 Å². The molecule has 1 saturated carbocycles. The van der Waals surface area contributed by atoms with Gasteiger partial charge in [-0.15, -0.1) is 0 Å². The number of benzene rings is 2. The number of fused-ring (bicyclic) bond motifs is 1. The van der Waals surface area contributed by atoms with Crippen molar-refractivity contribution < 1.29 is 14.3 Å². The van der Waals surface area contributed by atoms with Crippen molar-refractivity contribution in [2.75, 3.05) is 18.5 Å². The van der Waals surface area contributed by atoms with Crippen molar-refractivity contribution in [1.82, 2.24) is 4.90 Å². The molecule has 0 spiro atoms. The Hall–Kier alpha value is -2.24. The number of halogens is 2. The highest BCUT2D eigenvalue weighted by molar-refractivity contribution is 6.37. The van der Waals surface area contributed by atoms with Crippen molar-refractivity contribution in [2.24, 2.45) is 5.92 Å². The molecule has 5 nitrogen and oxygen atoms in total. The maximum atomic E-state index is 13.6. The lowest BCUT2D eigenvalue weighted by molar-refractivity contribution is 0.0387. The summed E-state index contributed by atoms with van der Waals surface area (Å²) in [5.74, 6) is 0.786. The molecule has 2 atom stereocenters. The first-order chi connectivity index (χ1) is 16.0. The van der Waals surface area contributed by atoms with Gasteiger partial charge in [-0.25, -0.2) is 0 Å². The van der Waals surface area contributed by atoms with Gasteiger partial charge in [0.15, 0.2) is 0 Å². The van der Waals surface area contributed by atoms with Crippen molar-refractivity contribution in [3.8, 4) is 5.75 Å². The van der Waals surface area contributed by atoms with Gasteiger partial charge in [-0.05, 0) is 68.4 Å². The van der Waals surface area contributed by atoms with Crippen LogP contribution < -0.4 is 10.1 Å². The van der Waals surface area contributed by atoms with Crippen molar-refractivity contribution in [1.29, 1.82) is 0 Å². The summed E-state index contributed by atoms with van der Waals surface area (Å²) in [7, 11) is 0. The van der Waals surface area contributed by atoms with Gasteiger partial charge in [0.05, 0.1) is 22.8 Å². The predicted octanol–water partition coefficient (Wildman–Crippen LogP) is 6.83. The summed E-state index contributed by atoms with van der Waals surface area (Å²) in [5, 5.41) is 3.60. The van der Waals surface area contributed by atoms with Crippen LogP contribution in [0.3, 0.4) is 0 Å². The van der Waals surface area contributed by atoms with Crippen LogP contribution in [-0.4, -0.2) is 35.9 Å². The number of hydrogen-bond acceptors (Lipinski definition) is 3.